The Morgan fingerprint density at radius 1 is 1.19 bits per heavy atom. The van der Waals surface area contributed by atoms with Gasteiger partial charge in [0, 0.05) is 51.4 Å². The molecule has 0 unspecified atom stereocenters. The SMILES string of the molecule is Cc1nc(-c2ccc(CCN=C(N(C)C)N(C)C)s2)cs1. The second-order valence-electron chi connectivity index (χ2n) is 5.24. The largest absolute Gasteiger partial charge is 0.349 e. The van der Waals surface area contributed by atoms with Gasteiger partial charge in [0.25, 0.3) is 0 Å². The zero-order chi connectivity index (χ0) is 15.4. The third-order valence-electron chi connectivity index (χ3n) is 2.94. The fraction of sp³-hybridized carbons (Fsp3) is 0.467. The van der Waals surface area contributed by atoms with Crippen LogP contribution in [0, 0.1) is 6.92 Å². The van der Waals surface area contributed by atoms with E-state index >= 15 is 0 Å². The van der Waals surface area contributed by atoms with E-state index in [1.54, 1.807) is 11.3 Å². The highest BCUT2D eigenvalue weighted by Gasteiger charge is 2.07. The Morgan fingerprint density at radius 2 is 1.90 bits per heavy atom. The molecule has 114 valence electrons. The van der Waals surface area contributed by atoms with Crippen molar-refractivity contribution in [3.8, 4) is 10.6 Å². The van der Waals surface area contributed by atoms with E-state index < -0.39 is 0 Å². The number of aliphatic imine (C=N–C) groups is 1. The summed E-state index contributed by atoms with van der Waals surface area (Å²) >= 11 is 3.51. The van der Waals surface area contributed by atoms with Gasteiger partial charge in [-0.05, 0) is 19.1 Å². The van der Waals surface area contributed by atoms with Crippen LogP contribution in [0.15, 0.2) is 22.5 Å². The van der Waals surface area contributed by atoms with Gasteiger partial charge < -0.3 is 9.80 Å². The fourth-order valence-electron chi connectivity index (χ4n) is 2.08. The zero-order valence-corrected chi connectivity index (χ0v) is 14.9. The van der Waals surface area contributed by atoms with Gasteiger partial charge in [0.2, 0.25) is 0 Å². The summed E-state index contributed by atoms with van der Waals surface area (Å²) in [5.41, 5.74) is 1.10. The molecule has 0 amide bonds. The van der Waals surface area contributed by atoms with Crippen molar-refractivity contribution in [2.45, 2.75) is 13.3 Å². The average Bonchev–Trinajstić information content (AvgIpc) is 3.02. The van der Waals surface area contributed by atoms with E-state index in [2.05, 4.69) is 27.5 Å². The second kappa shape index (κ2) is 7.04. The van der Waals surface area contributed by atoms with Gasteiger partial charge in [-0.3, -0.25) is 4.99 Å². The number of hydrogen-bond acceptors (Lipinski definition) is 4. The van der Waals surface area contributed by atoms with Gasteiger partial charge >= 0.3 is 0 Å². The van der Waals surface area contributed by atoms with Gasteiger partial charge in [-0.15, -0.1) is 22.7 Å². The van der Waals surface area contributed by atoms with Crippen LogP contribution >= 0.6 is 22.7 Å². The van der Waals surface area contributed by atoms with Crippen LogP contribution in [0.3, 0.4) is 0 Å². The minimum absolute atomic E-state index is 0.807. The van der Waals surface area contributed by atoms with Crippen LogP contribution in [-0.4, -0.2) is 55.5 Å². The molecule has 0 fully saturated rings. The van der Waals surface area contributed by atoms with Crippen molar-refractivity contribution in [1.29, 1.82) is 0 Å². The minimum Gasteiger partial charge on any atom is -0.349 e. The Balaban J connectivity index is 1.99. The Labute approximate surface area is 134 Å². The van der Waals surface area contributed by atoms with Gasteiger partial charge in [-0.25, -0.2) is 4.98 Å². The Kier molecular flexibility index (Phi) is 5.36. The molecular formula is C15H22N4S2. The molecule has 0 spiro atoms. The summed E-state index contributed by atoms with van der Waals surface area (Å²) in [7, 11) is 8.08. The lowest BCUT2D eigenvalue weighted by molar-refractivity contribution is 0.479. The molecule has 0 N–H and O–H groups in total. The molecule has 0 aliphatic heterocycles. The Bertz CT molecular complexity index is 601. The highest BCUT2D eigenvalue weighted by Crippen LogP contribution is 2.29. The number of rotatable bonds is 4. The quantitative estimate of drug-likeness (QED) is 0.640. The molecule has 0 bridgehead atoms. The lowest BCUT2D eigenvalue weighted by Crippen LogP contribution is -2.35. The van der Waals surface area contributed by atoms with E-state index in [0.717, 1.165) is 29.6 Å². The summed E-state index contributed by atoms with van der Waals surface area (Å²) in [6.07, 6.45) is 0.971. The molecule has 2 rings (SSSR count). The van der Waals surface area contributed by atoms with Crippen molar-refractivity contribution in [2.75, 3.05) is 34.7 Å². The topological polar surface area (TPSA) is 31.7 Å². The normalized spacial score (nSPS) is 10.5. The van der Waals surface area contributed by atoms with E-state index in [4.69, 9.17) is 0 Å². The molecule has 0 atom stereocenters. The monoisotopic (exact) mass is 322 g/mol. The Hall–Kier alpha value is -1.40. The number of nitrogens with zero attached hydrogens (tertiary/aromatic N) is 4. The van der Waals surface area contributed by atoms with Crippen LogP contribution < -0.4 is 0 Å². The van der Waals surface area contributed by atoms with Crippen LogP contribution in [0.1, 0.15) is 9.88 Å². The molecule has 6 heteroatoms. The van der Waals surface area contributed by atoms with Crippen LogP contribution in [0.5, 0.6) is 0 Å². The number of hydrogen-bond donors (Lipinski definition) is 0. The maximum absolute atomic E-state index is 4.67. The number of guanidine groups is 1. The molecule has 0 aliphatic carbocycles. The predicted octanol–water partition coefficient (Wildman–Crippen LogP) is 3.20. The number of aryl methyl sites for hydroxylation is 1. The predicted molar refractivity (Wildman–Crippen MR) is 93.5 cm³/mol. The maximum Gasteiger partial charge on any atom is 0.195 e. The molecule has 0 aliphatic rings. The number of aromatic nitrogens is 1. The van der Waals surface area contributed by atoms with Crippen molar-refractivity contribution >= 4 is 28.6 Å². The Morgan fingerprint density at radius 3 is 2.48 bits per heavy atom. The third kappa shape index (κ3) is 4.28. The van der Waals surface area contributed by atoms with Crippen LogP contribution in [0.2, 0.25) is 0 Å². The molecule has 0 saturated carbocycles. The van der Waals surface area contributed by atoms with Gasteiger partial charge in [0.1, 0.15) is 0 Å². The van der Waals surface area contributed by atoms with Crippen molar-refractivity contribution in [3.63, 3.8) is 0 Å². The minimum atomic E-state index is 0.807. The molecule has 0 aromatic carbocycles. The molecule has 4 nitrogen and oxygen atoms in total. The van der Waals surface area contributed by atoms with E-state index in [-0.39, 0.29) is 0 Å². The van der Waals surface area contributed by atoms with Crippen molar-refractivity contribution in [3.05, 3.63) is 27.4 Å². The number of thiazole rings is 1. The first-order valence-electron chi connectivity index (χ1n) is 6.87. The molecule has 0 saturated heterocycles. The third-order valence-corrected chi connectivity index (χ3v) is 4.89. The molecule has 21 heavy (non-hydrogen) atoms. The highest BCUT2D eigenvalue weighted by atomic mass is 32.1. The summed E-state index contributed by atoms with van der Waals surface area (Å²) in [5, 5.41) is 3.24. The first kappa shape index (κ1) is 16.0. The van der Waals surface area contributed by atoms with Crippen molar-refractivity contribution < 1.29 is 0 Å². The molecule has 0 radical (unpaired) electrons. The summed E-state index contributed by atoms with van der Waals surface area (Å²) in [5.74, 6) is 1.00. The van der Waals surface area contributed by atoms with E-state index in [1.165, 1.54) is 9.75 Å². The van der Waals surface area contributed by atoms with E-state index in [1.807, 2.05) is 56.3 Å². The van der Waals surface area contributed by atoms with Crippen LogP contribution in [-0.2, 0) is 6.42 Å². The lowest BCUT2D eigenvalue weighted by Gasteiger charge is -2.22. The summed E-state index contributed by atoms with van der Waals surface area (Å²) in [6.45, 7) is 2.85. The average molecular weight is 323 g/mol. The highest BCUT2D eigenvalue weighted by molar-refractivity contribution is 7.16. The number of thiophene rings is 1. The van der Waals surface area contributed by atoms with Gasteiger partial charge in [-0.1, -0.05) is 0 Å². The fourth-order valence-corrected chi connectivity index (χ4v) is 3.72. The van der Waals surface area contributed by atoms with Crippen molar-refractivity contribution in [2.24, 2.45) is 4.99 Å². The van der Waals surface area contributed by atoms with Gasteiger partial charge in [0.15, 0.2) is 5.96 Å². The van der Waals surface area contributed by atoms with Crippen LogP contribution in [0.25, 0.3) is 10.6 Å². The van der Waals surface area contributed by atoms with E-state index in [0.29, 0.717) is 0 Å². The summed E-state index contributed by atoms with van der Waals surface area (Å²) in [6, 6.07) is 4.35. The first-order chi connectivity index (χ1) is 9.97. The molecule has 2 heterocycles. The van der Waals surface area contributed by atoms with Crippen LogP contribution in [0.4, 0.5) is 0 Å². The summed E-state index contributed by atoms with van der Waals surface area (Å²) < 4.78 is 0. The molecule has 2 aromatic rings. The van der Waals surface area contributed by atoms with E-state index in [9.17, 15) is 0 Å². The molecule has 2 aromatic heterocycles. The zero-order valence-electron chi connectivity index (χ0n) is 13.3. The van der Waals surface area contributed by atoms with Gasteiger partial charge in [0.05, 0.1) is 15.6 Å². The summed E-state index contributed by atoms with van der Waals surface area (Å²) in [4.78, 5) is 15.9. The molecular weight excluding hydrogens is 300 g/mol. The smallest absolute Gasteiger partial charge is 0.195 e. The standard InChI is InChI=1S/C15H22N4S2/c1-11-17-13(10-20-11)14-7-6-12(21-14)8-9-16-15(18(2)3)19(4)5/h6-7,10H,8-9H2,1-5H3. The second-order valence-corrected chi connectivity index (χ2v) is 7.47. The first-order valence-corrected chi connectivity index (χ1v) is 8.57. The van der Waals surface area contributed by atoms with Crippen molar-refractivity contribution in [1.82, 2.24) is 14.8 Å². The lowest BCUT2D eigenvalue weighted by atomic mass is 10.3. The van der Waals surface area contributed by atoms with Gasteiger partial charge in [-0.2, -0.15) is 0 Å². The maximum atomic E-state index is 4.67.